The number of aryl methyl sites for hydroxylation is 1. The molecule has 0 amide bonds. The van der Waals surface area contributed by atoms with Crippen molar-refractivity contribution in [2.24, 2.45) is 7.05 Å². The first-order chi connectivity index (χ1) is 13.7. The number of rotatable bonds is 3. The summed E-state index contributed by atoms with van der Waals surface area (Å²) in [5, 5.41) is 14.5. The number of pyridine rings is 1. The van der Waals surface area contributed by atoms with Gasteiger partial charge in [-0.1, -0.05) is 26.8 Å². The fourth-order valence-corrected chi connectivity index (χ4v) is 3.42. The molecule has 0 fully saturated rings. The maximum absolute atomic E-state index is 12.6. The summed E-state index contributed by atoms with van der Waals surface area (Å²) in [6.45, 7) is 6.26. The predicted molar refractivity (Wildman–Crippen MR) is 111 cm³/mol. The minimum Gasteiger partial charge on any atom is -0.334 e. The van der Waals surface area contributed by atoms with Crippen LogP contribution < -0.4 is 10.9 Å². The van der Waals surface area contributed by atoms with Gasteiger partial charge in [-0.15, -0.1) is 0 Å². The quantitative estimate of drug-likeness (QED) is 0.422. The molecule has 148 valence electrons. The molecule has 0 spiro atoms. The number of imidazole rings is 1. The molecule has 4 rings (SSSR count). The van der Waals surface area contributed by atoms with Gasteiger partial charge in [0.25, 0.3) is 0 Å². The predicted octanol–water partition coefficient (Wildman–Crippen LogP) is 3.53. The lowest BCUT2D eigenvalue weighted by Crippen LogP contribution is -2.20. The van der Waals surface area contributed by atoms with Crippen LogP contribution in [0, 0.1) is 10.1 Å². The van der Waals surface area contributed by atoms with E-state index >= 15 is 0 Å². The summed E-state index contributed by atoms with van der Waals surface area (Å²) in [5.41, 5.74) is 1.10. The van der Waals surface area contributed by atoms with E-state index in [1.165, 1.54) is 6.20 Å². The minimum absolute atomic E-state index is 0.0995. The van der Waals surface area contributed by atoms with Crippen molar-refractivity contribution in [3.63, 3.8) is 0 Å². The van der Waals surface area contributed by atoms with Gasteiger partial charge in [0.2, 0.25) is 5.82 Å². The van der Waals surface area contributed by atoms with E-state index in [0.717, 1.165) is 21.3 Å². The molecule has 0 aliphatic rings. The van der Waals surface area contributed by atoms with E-state index in [4.69, 9.17) is 4.98 Å². The zero-order valence-electron chi connectivity index (χ0n) is 16.5. The zero-order chi connectivity index (χ0) is 20.9. The van der Waals surface area contributed by atoms with Gasteiger partial charge in [0, 0.05) is 24.3 Å². The van der Waals surface area contributed by atoms with Crippen LogP contribution in [0.25, 0.3) is 16.7 Å². The number of hydrogen-bond donors (Lipinski definition) is 1. The molecule has 0 aliphatic heterocycles. The van der Waals surface area contributed by atoms with Gasteiger partial charge in [-0.25, -0.2) is 9.97 Å². The molecule has 4 aromatic rings. The lowest BCUT2D eigenvalue weighted by molar-refractivity contribution is -0.385. The fourth-order valence-electron chi connectivity index (χ4n) is 3.42. The zero-order valence-corrected chi connectivity index (χ0v) is 16.5. The number of benzene rings is 1. The Balaban J connectivity index is 1.84. The summed E-state index contributed by atoms with van der Waals surface area (Å²) in [6.07, 6.45) is 1.45. The summed E-state index contributed by atoms with van der Waals surface area (Å²) in [6, 6.07) is 10.4. The second kappa shape index (κ2) is 6.40. The van der Waals surface area contributed by atoms with Crippen LogP contribution in [0.3, 0.4) is 0 Å². The van der Waals surface area contributed by atoms with Crippen LogP contribution >= 0.6 is 0 Å². The van der Waals surface area contributed by atoms with Crippen LogP contribution in [-0.4, -0.2) is 23.9 Å². The van der Waals surface area contributed by atoms with E-state index in [0.29, 0.717) is 11.3 Å². The SMILES string of the molecule is Cn1c(C(C)(C)C)nc2cc(Nc3nc4ccccn4c(=O)c3[N+](=O)[O-])ccc21. The van der Waals surface area contributed by atoms with Gasteiger partial charge in [-0.05, 0) is 30.3 Å². The number of nitro groups is 1. The molecule has 0 bridgehead atoms. The van der Waals surface area contributed by atoms with Crippen LogP contribution in [0.5, 0.6) is 0 Å². The number of fused-ring (bicyclic) bond motifs is 2. The maximum atomic E-state index is 12.6. The molecule has 0 atom stereocenters. The van der Waals surface area contributed by atoms with Crippen molar-refractivity contribution >= 4 is 33.9 Å². The Kier molecular flexibility index (Phi) is 4.11. The molecule has 1 aromatic carbocycles. The van der Waals surface area contributed by atoms with Crippen molar-refractivity contribution in [3.05, 3.63) is 68.9 Å². The van der Waals surface area contributed by atoms with E-state index in [1.54, 1.807) is 30.3 Å². The normalized spacial score (nSPS) is 11.9. The number of nitrogens with zero attached hydrogens (tertiary/aromatic N) is 5. The summed E-state index contributed by atoms with van der Waals surface area (Å²) < 4.78 is 3.18. The average Bonchev–Trinajstić information content (AvgIpc) is 2.98. The summed E-state index contributed by atoms with van der Waals surface area (Å²) >= 11 is 0. The Morgan fingerprint density at radius 3 is 2.59 bits per heavy atom. The third kappa shape index (κ3) is 3.10. The number of aromatic nitrogens is 4. The highest BCUT2D eigenvalue weighted by Crippen LogP contribution is 2.29. The first kappa shape index (κ1) is 18.6. The van der Waals surface area contributed by atoms with Crippen molar-refractivity contribution in [1.82, 2.24) is 18.9 Å². The standard InChI is InChI=1S/C20H20N6O3/c1-20(2,3)19-22-13-11-12(8-9-14(13)24(19)4)21-17-16(26(28)29)18(27)25-10-6-5-7-15(25)23-17/h5-11,21H,1-4H3. The Bertz CT molecular complexity index is 1330. The van der Waals surface area contributed by atoms with Crippen LogP contribution in [0.4, 0.5) is 17.2 Å². The molecule has 3 aromatic heterocycles. The highest BCUT2D eigenvalue weighted by molar-refractivity contribution is 5.82. The van der Waals surface area contributed by atoms with E-state index in [2.05, 4.69) is 31.1 Å². The molecule has 0 radical (unpaired) electrons. The first-order valence-electron chi connectivity index (χ1n) is 9.06. The van der Waals surface area contributed by atoms with Gasteiger partial charge >= 0.3 is 11.2 Å². The second-order valence-electron chi connectivity index (χ2n) is 7.87. The van der Waals surface area contributed by atoms with Gasteiger partial charge < -0.3 is 9.88 Å². The third-order valence-electron chi connectivity index (χ3n) is 4.71. The molecule has 0 unspecified atom stereocenters. The molecule has 3 heterocycles. The van der Waals surface area contributed by atoms with Crippen molar-refractivity contribution in [3.8, 4) is 0 Å². The molecule has 9 nitrogen and oxygen atoms in total. The molecular weight excluding hydrogens is 372 g/mol. The second-order valence-corrected chi connectivity index (χ2v) is 7.87. The minimum atomic E-state index is -0.739. The van der Waals surface area contributed by atoms with Crippen LogP contribution in [-0.2, 0) is 12.5 Å². The lowest BCUT2D eigenvalue weighted by atomic mass is 9.96. The number of nitrogens with one attached hydrogen (secondary N) is 1. The number of anilines is 2. The molecule has 9 heteroatoms. The Labute approximate surface area is 165 Å². The summed E-state index contributed by atoms with van der Waals surface area (Å²) in [4.78, 5) is 32.4. The van der Waals surface area contributed by atoms with Crippen molar-refractivity contribution < 1.29 is 4.92 Å². The first-order valence-corrected chi connectivity index (χ1v) is 9.06. The Morgan fingerprint density at radius 1 is 1.14 bits per heavy atom. The fraction of sp³-hybridized carbons (Fsp3) is 0.250. The highest BCUT2D eigenvalue weighted by Gasteiger charge is 2.24. The van der Waals surface area contributed by atoms with Crippen molar-refractivity contribution in [2.45, 2.75) is 26.2 Å². The number of hydrogen-bond acceptors (Lipinski definition) is 6. The van der Waals surface area contributed by atoms with E-state index in [9.17, 15) is 14.9 Å². The highest BCUT2D eigenvalue weighted by atomic mass is 16.6. The monoisotopic (exact) mass is 392 g/mol. The van der Waals surface area contributed by atoms with Gasteiger partial charge in [0.15, 0.2) is 0 Å². The van der Waals surface area contributed by atoms with Gasteiger partial charge in [0.1, 0.15) is 11.5 Å². The summed E-state index contributed by atoms with van der Waals surface area (Å²) in [7, 11) is 1.96. The molecular formula is C20H20N6O3. The van der Waals surface area contributed by atoms with E-state index < -0.39 is 16.2 Å². The van der Waals surface area contributed by atoms with Crippen molar-refractivity contribution in [2.75, 3.05) is 5.32 Å². The van der Waals surface area contributed by atoms with Gasteiger partial charge in [0.05, 0.1) is 16.0 Å². The van der Waals surface area contributed by atoms with Crippen molar-refractivity contribution in [1.29, 1.82) is 0 Å². The topological polar surface area (TPSA) is 107 Å². The Morgan fingerprint density at radius 2 is 1.90 bits per heavy atom. The average molecular weight is 392 g/mol. The Hall–Kier alpha value is -3.75. The van der Waals surface area contributed by atoms with Gasteiger partial charge in [-0.2, -0.15) is 0 Å². The maximum Gasteiger partial charge on any atom is 0.376 e. The molecule has 0 saturated carbocycles. The van der Waals surface area contributed by atoms with Gasteiger partial charge in [-0.3, -0.25) is 19.3 Å². The molecule has 29 heavy (non-hydrogen) atoms. The van der Waals surface area contributed by atoms with E-state index in [-0.39, 0.29) is 11.2 Å². The van der Waals surface area contributed by atoms with Crippen LogP contribution in [0.1, 0.15) is 26.6 Å². The van der Waals surface area contributed by atoms with E-state index in [1.807, 2.05) is 17.7 Å². The lowest BCUT2D eigenvalue weighted by Gasteiger charge is -2.17. The smallest absolute Gasteiger partial charge is 0.334 e. The van der Waals surface area contributed by atoms with Crippen LogP contribution in [0.15, 0.2) is 47.4 Å². The largest absolute Gasteiger partial charge is 0.376 e. The van der Waals surface area contributed by atoms with Crippen LogP contribution in [0.2, 0.25) is 0 Å². The molecule has 0 saturated heterocycles. The summed E-state index contributed by atoms with van der Waals surface area (Å²) in [5.74, 6) is 0.829. The molecule has 1 N–H and O–H groups in total. The molecule has 0 aliphatic carbocycles. The third-order valence-corrected chi connectivity index (χ3v) is 4.71.